The average molecular weight is 239 g/mol. The third-order valence-corrected chi connectivity index (χ3v) is 2.17. The van der Waals surface area contributed by atoms with E-state index in [4.69, 9.17) is 5.11 Å². The van der Waals surface area contributed by atoms with Gasteiger partial charge in [-0.2, -0.15) is 0 Å². The predicted molar refractivity (Wildman–Crippen MR) is 60.0 cm³/mol. The zero-order valence-corrected chi connectivity index (χ0v) is 9.28. The van der Waals surface area contributed by atoms with Crippen molar-refractivity contribution in [2.45, 2.75) is 19.3 Å². The van der Waals surface area contributed by atoms with Gasteiger partial charge in [0.2, 0.25) is 5.91 Å². The zero-order valence-electron chi connectivity index (χ0n) is 9.28. The van der Waals surface area contributed by atoms with E-state index < -0.39 is 5.97 Å². The molecule has 92 valence electrons. The van der Waals surface area contributed by atoms with Gasteiger partial charge in [-0.05, 0) is 24.1 Å². The number of halogens is 1. The predicted octanol–water partition coefficient (Wildman–Crippen LogP) is 1.35. The fourth-order valence-corrected chi connectivity index (χ4v) is 1.32. The topological polar surface area (TPSA) is 66.4 Å². The third kappa shape index (κ3) is 5.65. The molecule has 5 heteroatoms. The maximum absolute atomic E-state index is 12.6. The highest BCUT2D eigenvalue weighted by Gasteiger charge is 2.03. The maximum Gasteiger partial charge on any atom is 0.303 e. The van der Waals surface area contributed by atoms with Gasteiger partial charge in [0.25, 0.3) is 0 Å². The van der Waals surface area contributed by atoms with Crippen LogP contribution in [0.5, 0.6) is 0 Å². The van der Waals surface area contributed by atoms with Gasteiger partial charge in [0, 0.05) is 13.0 Å². The molecule has 0 saturated carbocycles. The molecule has 0 spiro atoms. The Kier molecular flexibility index (Phi) is 5.13. The first-order chi connectivity index (χ1) is 8.08. The smallest absolute Gasteiger partial charge is 0.303 e. The van der Waals surface area contributed by atoms with Crippen molar-refractivity contribution in [2.75, 3.05) is 6.54 Å². The highest BCUT2D eigenvalue weighted by molar-refractivity contribution is 5.78. The van der Waals surface area contributed by atoms with E-state index in [9.17, 15) is 14.0 Å². The minimum Gasteiger partial charge on any atom is -0.481 e. The number of carbonyl (C=O) groups is 2. The van der Waals surface area contributed by atoms with E-state index in [0.29, 0.717) is 13.0 Å². The molecule has 0 aliphatic heterocycles. The fraction of sp³-hybridized carbons (Fsp3) is 0.333. The van der Waals surface area contributed by atoms with E-state index >= 15 is 0 Å². The second kappa shape index (κ2) is 6.62. The standard InChI is InChI=1S/C12H14FNO3/c13-10-5-3-9(4-6-10)8-11(15)14-7-1-2-12(16)17/h3-6H,1-2,7-8H2,(H,14,15)(H,16,17). The summed E-state index contributed by atoms with van der Waals surface area (Å²) >= 11 is 0. The van der Waals surface area contributed by atoms with Crippen molar-refractivity contribution in [3.8, 4) is 0 Å². The molecule has 0 bridgehead atoms. The number of aliphatic carboxylic acids is 1. The first kappa shape index (κ1) is 13.2. The molecule has 0 aliphatic rings. The molecule has 1 amide bonds. The molecule has 0 aromatic heterocycles. The fourth-order valence-electron chi connectivity index (χ4n) is 1.32. The number of benzene rings is 1. The van der Waals surface area contributed by atoms with Crippen molar-refractivity contribution in [3.05, 3.63) is 35.6 Å². The first-order valence-corrected chi connectivity index (χ1v) is 5.31. The molecule has 1 rings (SSSR count). The van der Waals surface area contributed by atoms with Crippen LogP contribution in [0.15, 0.2) is 24.3 Å². The minimum absolute atomic E-state index is 0.0385. The van der Waals surface area contributed by atoms with Gasteiger partial charge in [-0.3, -0.25) is 9.59 Å². The largest absolute Gasteiger partial charge is 0.481 e. The van der Waals surface area contributed by atoms with Crippen LogP contribution in [0.25, 0.3) is 0 Å². The molecule has 0 heterocycles. The Morgan fingerprint density at radius 1 is 1.24 bits per heavy atom. The van der Waals surface area contributed by atoms with Crippen LogP contribution in [0.2, 0.25) is 0 Å². The van der Waals surface area contributed by atoms with Crippen molar-refractivity contribution >= 4 is 11.9 Å². The molecule has 2 N–H and O–H groups in total. The van der Waals surface area contributed by atoms with E-state index in [1.807, 2.05) is 0 Å². The van der Waals surface area contributed by atoms with Crippen molar-refractivity contribution in [1.82, 2.24) is 5.32 Å². The van der Waals surface area contributed by atoms with E-state index in [1.54, 1.807) is 12.1 Å². The summed E-state index contributed by atoms with van der Waals surface area (Å²) in [5.74, 6) is -1.41. The van der Waals surface area contributed by atoms with Crippen LogP contribution in [-0.4, -0.2) is 23.5 Å². The summed E-state index contributed by atoms with van der Waals surface area (Å²) in [6.07, 6.45) is 0.620. The Labute approximate surface area is 98.5 Å². The lowest BCUT2D eigenvalue weighted by Gasteiger charge is -2.04. The molecular formula is C12H14FNO3. The molecule has 1 aromatic rings. The summed E-state index contributed by atoms with van der Waals surface area (Å²) < 4.78 is 12.6. The van der Waals surface area contributed by atoms with Crippen molar-refractivity contribution in [2.24, 2.45) is 0 Å². The summed E-state index contributed by atoms with van der Waals surface area (Å²) in [5, 5.41) is 11.0. The highest BCUT2D eigenvalue weighted by Crippen LogP contribution is 2.03. The number of carboxylic acid groups (broad SMARTS) is 1. The molecule has 0 aliphatic carbocycles. The van der Waals surface area contributed by atoms with Gasteiger partial charge in [-0.15, -0.1) is 0 Å². The Morgan fingerprint density at radius 3 is 2.47 bits per heavy atom. The van der Waals surface area contributed by atoms with Gasteiger partial charge in [0.15, 0.2) is 0 Å². The molecule has 0 unspecified atom stereocenters. The maximum atomic E-state index is 12.6. The lowest BCUT2D eigenvalue weighted by atomic mass is 10.1. The molecule has 0 radical (unpaired) electrons. The average Bonchev–Trinajstić information content (AvgIpc) is 2.27. The second-order valence-corrected chi connectivity index (χ2v) is 3.65. The number of rotatable bonds is 6. The number of amides is 1. The third-order valence-electron chi connectivity index (χ3n) is 2.17. The summed E-state index contributed by atoms with van der Waals surface area (Å²) in [6.45, 7) is 0.340. The SMILES string of the molecule is O=C(O)CCCNC(=O)Cc1ccc(F)cc1. The quantitative estimate of drug-likeness (QED) is 0.736. The van der Waals surface area contributed by atoms with Crippen LogP contribution in [0.1, 0.15) is 18.4 Å². The highest BCUT2D eigenvalue weighted by atomic mass is 19.1. The monoisotopic (exact) mass is 239 g/mol. The minimum atomic E-state index is -0.877. The molecular weight excluding hydrogens is 225 g/mol. The van der Waals surface area contributed by atoms with Gasteiger partial charge >= 0.3 is 5.97 Å². The van der Waals surface area contributed by atoms with Crippen molar-refractivity contribution < 1.29 is 19.1 Å². The Bertz CT molecular complexity index is 389. The van der Waals surface area contributed by atoms with Gasteiger partial charge < -0.3 is 10.4 Å². The Hall–Kier alpha value is -1.91. The van der Waals surface area contributed by atoms with Gasteiger partial charge in [0.1, 0.15) is 5.82 Å². The van der Waals surface area contributed by atoms with Gasteiger partial charge in [-0.25, -0.2) is 4.39 Å². The van der Waals surface area contributed by atoms with Crippen LogP contribution in [-0.2, 0) is 16.0 Å². The van der Waals surface area contributed by atoms with Crippen LogP contribution < -0.4 is 5.32 Å². The number of carbonyl (C=O) groups excluding carboxylic acids is 1. The van der Waals surface area contributed by atoms with Gasteiger partial charge in [-0.1, -0.05) is 12.1 Å². The second-order valence-electron chi connectivity index (χ2n) is 3.65. The van der Waals surface area contributed by atoms with E-state index in [-0.39, 0.29) is 24.6 Å². The van der Waals surface area contributed by atoms with Crippen LogP contribution >= 0.6 is 0 Å². The summed E-state index contributed by atoms with van der Waals surface area (Å²) in [4.78, 5) is 21.6. The van der Waals surface area contributed by atoms with E-state index in [0.717, 1.165) is 5.56 Å². The molecule has 17 heavy (non-hydrogen) atoms. The summed E-state index contributed by atoms with van der Waals surface area (Å²) in [6, 6.07) is 5.69. The van der Waals surface area contributed by atoms with Crippen LogP contribution in [0.4, 0.5) is 4.39 Å². The number of hydrogen-bond acceptors (Lipinski definition) is 2. The first-order valence-electron chi connectivity index (χ1n) is 5.31. The van der Waals surface area contributed by atoms with E-state index in [1.165, 1.54) is 12.1 Å². The summed E-state index contributed by atoms with van der Waals surface area (Å²) in [5.41, 5.74) is 0.724. The molecule has 1 aromatic carbocycles. The number of nitrogens with one attached hydrogen (secondary N) is 1. The van der Waals surface area contributed by atoms with Crippen molar-refractivity contribution in [1.29, 1.82) is 0 Å². The van der Waals surface area contributed by atoms with Crippen LogP contribution in [0, 0.1) is 5.82 Å². The Balaban J connectivity index is 2.25. The van der Waals surface area contributed by atoms with Crippen LogP contribution in [0.3, 0.4) is 0 Å². The molecule has 4 nitrogen and oxygen atoms in total. The number of carboxylic acids is 1. The van der Waals surface area contributed by atoms with E-state index in [2.05, 4.69) is 5.32 Å². The lowest BCUT2D eigenvalue weighted by molar-refractivity contribution is -0.137. The molecule has 0 saturated heterocycles. The normalized spacial score (nSPS) is 9.94. The van der Waals surface area contributed by atoms with Crippen molar-refractivity contribution in [3.63, 3.8) is 0 Å². The molecule has 0 fully saturated rings. The zero-order chi connectivity index (χ0) is 12.7. The van der Waals surface area contributed by atoms with Gasteiger partial charge in [0.05, 0.1) is 6.42 Å². The number of hydrogen-bond donors (Lipinski definition) is 2. The molecule has 0 atom stereocenters. The lowest BCUT2D eigenvalue weighted by Crippen LogP contribution is -2.26. The Morgan fingerprint density at radius 2 is 1.88 bits per heavy atom. The summed E-state index contributed by atoms with van der Waals surface area (Å²) in [7, 11) is 0.